The number of amides is 3. The first-order valence-electron chi connectivity index (χ1n) is 8.52. The summed E-state index contributed by atoms with van der Waals surface area (Å²) in [6.07, 6.45) is 3.43. The SMILES string of the molecule is CC(C)C1CC(=O)N(CCCCC(=O)N2CC[C@@H](C)C2)C1=O. The summed E-state index contributed by atoms with van der Waals surface area (Å²) >= 11 is 0. The zero-order valence-electron chi connectivity index (χ0n) is 14.0. The Morgan fingerprint density at radius 1 is 1.27 bits per heavy atom. The third-order valence-electron chi connectivity index (χ3n) is 4.88. The van der Waals surface area contributed by atoms with Crippen LogP contribution >= 0.6 is 0 Å². The molecule has 0 aromatic rings. The van der Waals surface area contributed by atoms with E-state index < -0.39 is 0 Å². The lowest BCUT2D eigenvalue weighted by molar-refractivity contribution is -0.139. The van der Waals surface area contributed by atoms with Crippen LogP contribution in [0.3, 0.4) is 0 Å². The molecule has 124 valence electrons. The zero-order valence-corrected chi connectivity index (χ0v) is 14.0. The maximum Gasteiger partial charge on any atom is 0.233 e. The van der Waals surface area contributed by atoms with Gasteiger partial charge in [-0.25, -0.2) is 0 Å². The number of likely N-dealkylation sites (tertiary alicyclic amines) is 2. The Bertz CT molecular complexity index is 447. The van der Waals surface area contributed by atoms with Gasteiger partial charge in [0.15, 0.2) is 0 Å². The highest BCUT2D eigenvalue weighted by Crippen LogP contribution is 2.26. The molecule has 5 nitrogen and oxygen atoms in total. The van der Waals surface area contributed by atoms with Gasteiger partial charge < -0.3 is 4.90 Å². The molecule has 2 aliphatic heterocycles. The minimum Gasteiger partial charge on any atom is -0.342 e. The number of nitrogens with zero attached hydrogens (tertiary/aromatic N) is 2. The van der Waals surface area contributed by atoms with Crippen molar-refractivity contribution in [3.63, 3.8) is 0 Å². The number of imide groups is 1. The van der Waals surface area contributed by atoms with Crippen molar-refractivity contribution in [2.45, 2.75) is 52.9 Å². The summed E-state index contributed by atoms with van der Waals surface area (Å²) in [6, 6.07) is 0. The number of rotatable bonds is 6. The molecule has 2 fully saturated rings. The topological polar surface area (TPSA) is 57.7 Å². The molecule has 2 atom stereocenters. The lowest BCUT2D eigenvalue weighted by Crippen LogP contribution is -2.33. The monoisotopic (exact) mass is 308 g/mol. The van der Waals surface area contributed by atoms with E-state index in [9.17, 15) is 14.4 Å². The molecule has 2 aliphatic rings. The first-order valence-corrected chi connectivity index (χ1v) is 8.52. The van der Waals surface area contributed by atoms with Gasteiger partial charge in [-0.05, 0) is 31.1 Å². The van der Waals surface area contributed by atoms with Gasteiger partial charge in [0.25, 0.3) is 0 Å². The van der Waals surface area contributed by atoms with E-state index in [2.05, 4.69) is 6.92 Å². The second kappa shape index (κ2) is 7.25. The fourth-order valence-electron chi connectivity index (χ4n) is 3.33. The summed E-state index contributed by atoms with van der Waals surface area (Å²) in [6.45, 7) is 8.34. The van der Waals surface area contributed by atoms with Gasteiger partial charge in [0.05, 0.1) is 0 Å². The molecule has 2 saturated heterocycles. The summed E-state index contributed by atoms with van der Waals surface area (Å²) in [4.78, 5) is 39.4. The number of unbranched alkanes of at least 4 members (excludes halogenated alkanes) is 1. The van der Waals surface area contributed by atoms with Crippen LogP contribution in [0.15, 0.2) is 0 Å². The van der Waals surface area contributed by atoms with Crippen LogP contribution in [0.5, 0.6) is 0 Å². The molecule has 0 aliphatic carbocycles. The van der Waals surface area contributed by atoms with Crippen molar-refractivity contribution < 1.29 is 14.4 Å². The third-order valence-corrected chi connectivity index (χ3v) is 4.88. The summed E-state index contributed by atoms with van der Waals surface area (Å²) in [7, 11) is 0. The average molecular weight is 308 g/mol. The lowest BCUT2D eigenvalue weighted by atomic mass is 9.94. The van der Waals surface area contributed by atoms with E-state index in [0.717, 1.165) is 32.4 Å². The first-order chi connectivity index (χ1) is 10.4. The maximum absolute atomic E-state index is 12.2. The Balaban J connectivity index is 1.69. The molecule has 0 aromatic carbocycles. The summed E-state index contributed by atoms with van der Waals surface area (Å²) in [5, 5.41) is 0. The van der Waals surface area contributed by atoms with Crippen molar-refractivity contribution in [2.75, 3.05) is 19.6 Å². The molecule has 5 heteroatoms. The zero-order chi connectivity index (χ0) is 16.3. The van der Waals surface area contributed by atoms with Crippen LogP contribution in [-0.4, -0.2) is 47.2 Å². The van der Waals surface area contributed by atoms with E-state index >= 15 is 0 Å². The predicted molar refractivity (Wildman–Crippen MR) is 83.9 cm³/mol. The van der Waals surface area contributed by atoms with E-state index in [0.29, 0.717) is 25.3 Å². The molecule has 3 amide bonds. The molecule has 0 bridgehead atoms. The number of hydrogen-bond donors (Lipinski definition) is 0. The number of carbonyl (C=O) groups excluding carboxylic acids is 3. The molecule has 1 unspecified atom stereocenters. The molecule has 2 rings (SSSR count). The molecule has 0 radical (unpaired) electrons. The van der Waals surface area contributed by atoms with Crippen LogP contribution in [0.1, 0.15) is 52.9 Å². The van der Waals surface area contributed by atoms with Crippen LogP contribution in [0.2, 0.25) is 0 Å². The van der Waals surface area contributed by atoms with E-state index in [4.69, 9.17) is 0 Å². The highest BCUT2D eigenvalue weighted by atomic mass is 16.2. The summed E-state index contributed by atoms with van der Waals surface area (Å²) in [5.41, 5.74) is 0. The fourth-order valence-corrected chi connectivity index (χ4v) is 3.33. The minimum absolute atomic E-state index is 0.0281. The second-order valence-electron chi connectivity index (χ2n) is 7.13. The Hall–Kier alpha value is -1.39. The average Bonchev–Trinajstić information content (AvgIpc) is 3.00. The predicted octanol–water partition coefficient (Wildman–Crippen LogP) is 2.06. The van der Waals surface area contributed by atoms with Crippen molar-refractivity contribution in [1.29, 1.82) is 0 Å². The van der Waals surface area contributed by atoms with Crippen molar-refractivity contribution in [3.8, 4) is 0 Å². The highest BCUT2D eigenvalue weighted by Gasteiger charge is 2.39. The quantitative estimate of drug-likeness (QED) is 0.557. The van der Waals surface area contributed by atoms with Gasteiger partial charge >= 0.3 is 0 Å². The first kappa shape index (κ1) is 17.0. The maximum atomic E-state index is 12.2. The van der Waals surface area contributed by atoms with Gasteiger partial charge in [-0.2, -0.15) is 0 Å². The fraction of sp³-hybridized carbons (Fsp3) is 0.824. The molecular weight excluding hydrogens is 280 g/mol. The third kappa shape index (κ3) is 3.87. The number of hydrogen-bond acceptors (Lipinski definition) is 3. The minimum atomic E-state index is -0.153. The Morgan fingerprint density at radius 3 is 2.55 bits per heavy atom. The van der Waals surface area contributed by atoms with E-state index in [1.165, 1.54) is 4.90 Å². The standard InChI is InChI=1S/C17H28N2O3/c1-12(2)14-10-16(21)19(17(14)22)8-5-4-6-15(20)18-9-7-13(3)11-18/h12-14H,4-11H2,1-3H3/t13-,14?/m1/s1. The smallest absolute Gasteiger partial charge is 0.233 e. The molecule has 0 spiro atoms. The van der Waals surface area contributed by atoms with E-state index in [1.807, 2.05) is 18.7 Å². The van der Waals surface area contributed by atoms with Crippen LogP contribution in [0, 0.1) is 17.8 Å². The van der Waals surface area contributed by atoms with Crippen molar-refractivity contribution in [1.82, 2.24) is 9.80 Å². The van der Waals surface area contributed by atoms with Gasteiger partial charge in [-0.1, -0.05) is 20.8 Å². The van der Waals surface area contributed by atoms with Crippen molar-refractivity contribution >= 4 is 17.7 Å². The largest absolute Gasteiger partial charge is 0.342 e. The van der Waals surface area contributed by atoms with Crippen LogP contribution < -0.4 is 0 Å². The van der Waals surface area contributed by atoms with Crippen molar-refractivity contribution in [2.24, 2.45) is 17.8 Å². The highest BCUT2D eigenvalue weighted by molar-refractivity contribution is 6.03. The lowest BCUT2D eigenvalue weighted by Gasteiger charge is -2.18. The van der Waals surface area contributed by atoms with Gasteiger partial charge in [-0.15, -0.1) is 0 Å². The Kier molecular flexibility index (Phi) is 5.59. The van der Waals surface area contributed by atoms with E-state index in [1.54, 1.807) is 0 Å². The number of carbonyl (C=O) groups is 3. The molecule has 0 N–H and O–H groups in total. The van der Waals surface area contributed by atoms with Crippen LogP contribution in [-0.2, 0) is 14.4 Å². The Labute approximate surface area is 133 Å². The van der Waals surface area contributed by atoms with Crippen LogP contribution in [0.4, 0.5) is 0 Å². The van der Waals surface area contributed by atoms with Crippen LogP contribution in [0.25, 0.3) is 0 Å². The van der Waals surface area contributed by atoms with Gasteiger partial charge in [0.1, 0.15) is 0 Å². The second-order valence-corrected chi connectivity index (χ2v) is 7.13. The molecule has 2 heterocycles. The molecule has 0 aromatic heterocycles. The normalized spacial score (nSPS) is 25.6. The molecular formula is C17H28N2O3. The summed E-state index contributed by atoms with van der Waals surface area (Å²) < 4.78 is 0. The van der Waals surface area contributed by atoms with Gasteiger partial charge in [0.2, 0.25) is 17.7 Å². The Morgan fingerprint density at radius 2 is 2.00 bits per heavy atom. The summed E-state index contributed by atoms with van der Waals surface area (Å²) in [5.74, 6) is 0.795. The molecule has 0 saturated carbocycles. The van der Waals surface area contributed by atoms with Crippen molar-refractivity contribution in [3.05, 3.63) is 0 Å². The van der Waals surface area contributed by atoms with Gasteiger partial charge in [-0.3, -0.25) is 19.3 Å². The van der Waals surface area contributed by atoms with Gasteiger partial charge in [0, 0.05) is 38.4 Å². The van der Waals surface area contributed by atoms with E-state index in [-0.39, 0.29) is 29.6 Å². The molecule has 22 heavy (non-hydrogen) atoms.